The molecule has 0 saturated heterocycles. The van der Waals surface area contributed by atoms with Crippen LogP contribution in [0.25, 0.3) is 10.9 Å². The van der Waals surface area contributed by atoms with Crippen molar-refractivity contribution < 1.29 is 4.79 Å². The molecule has 0 fully saturated rings. The summed E-state index contributed by atoms with van der Waals surface area (Å²) in [7, 11) is 2.02. The molecule has 2 aromatic rings. The second-order valence-electron chi connectivity index (χ2n) is 4.15. The molecule has 2 heteroatoms. The number of para-hydroxylation sites is 1. The van der Waals surface area contributed by atoms with E-state index in [1.165, 1.54) is 0 Å². The minimum absolute atomic E-state index is 0.364. The molecule has 0 radical (unpaired) electrons. The van der Waals surface area contributed by atoms with Crippen LogP contribution in [0, 0.1) is 0 Å². The summed E-state index contributed by atoms with van der Waals surface area (Å²) >= 11 is 0. The van der Waals surface area contributed by atoms with E-state index in [9.17, 15) is 4.79 Å². The highest BCUT2D eigenvalue weighted by Gasteiger charge is 2.15. The van der Waals surface area contributed by atoms with Gasteiger partial charge in [0.05, 0.1) is 0 Å². The third kappa shape index (κ3) is 1.37. The van der Waals surface area contributed by atoms with E-state index in [1.54, 1.807) is 0 Å². The fourth-order valence-corrected chi connectivity index (χ4v) is 2.26. The molecule has 0 amide bonds. The molecular formula is C13H15NO. The van der Waals surface area contributed by atoms with Crippen molar-refractivity contribution in [3.63, 3.8) is 0 Å². The van der Waals surface area contributed by atoms with Gasteiger partial charge in [0.25, 0.3) is 0 Å². The third-order valence-corrected chi connectivity index (χ3v) is 2.86. The summed E-state index contributed by atoms with van der Waals surface area (Å²) in [6, 6.07) is 8.03. The normalized spacial score (nSPS) is 11.2. The first kappa shape index (κ1) is 9.97. The molecule has 0 unspecified atom stereocenters. The maximum Gasteiger partial charge on any atom is 0.152 e. The lowest BCUT2D eigenvalue weighted by molar-refractivity contribution is 0.112. The average molecular weight is 201 g/mol. The fraction of sp³-hybridized carbons (Fsp3) is 0.308. The van der Waals surface area contributed by atoms with Gasteiger partial charge in [0.15, 0.2) is 6.29 Å². The lowest BCUT2D eigenvalue weighted by atomic mass is 10.0. The molecule has 0 atom stereocenters. The number of aldehydes is 1. The smallest absolute Gasteiger partial charge is 0.152 e. The van der Waals surface area contributed by atoms with Crippen molar-refractivity contribution in [1.29, 1.82) is 0 Å². The van der Waals surface area contributed by atoms with Gasteiger partial charge in [0.2, 0.25) is 0 Å². The number of nitrogens with zero attached hydrogens (tertiary/aromatic N) is 1. The largest absolute Gasteiger partial charge is 0.347 e. The van der Waals surface area contributed by atoms with Crippen molar-refractivity contribution in [2.45, 2.75) is 19.8 Å². The molecule has 1 aromatic heterocycles. The maximum absolute atomic E-state index is 11.1. The zero-order valence-electron chi connectivity index (χ0n) is 9.32. The molecule has 2 rings (SSSR count). The minimum atomic E-state index is 0.364. The predicted molar refractivity (Wildman–Crippen MR) is 62.4 cm³/mol. The number of fused-ring (bicyclic) bond motifs is 1. The van der Waals surface area contributed by atoms with Gasteiger partial charge in [-0.05, 0) is 12.0 Å². The lowest BCUT2D eigenvalue weighted by Gasteiger charge is -2.08. The van der Waals surface area contributed by atoms with Gasteiger partial charge in [-0.2, -0.15) is 0 Å². The number of carbonyl (C=O) groups excluding carboxylic acids is 1. The monoisotopic (exact) mass is 201 g/mol. The zero-order chi connectivity index (χ0) is 11.0. The Morgan fingerprint density at radius 2 is 1.93 bits per heavy atom. The molecule has 0 spiro atoms. The topological polar surface area (TPSA) is 22.0 Å². The van der Waals surface area contributed by atoms with Crippen molar-refractivity contribution in [3.8, 4) is 0 Å². The number of benzene rings is 1. The van der Waals surface area contributed by atoms with Crippen molar-refractivity contribution in [3.05, 3.63) is 35.5 Å². The zero-order valence-corrected chi connectivity index (χ0v) is 9.32. The highest BCUT2D eigenvalue weighted by molar-refractivity contribution is 5.99. The molecule has 0 saturated carbocycles. The Labute approximate surface area is 89.5 Å². The highest BCUT2D eigenvalue weighted by atomic mass is 16.1. The van der Waals surface area contributed by atoms with Gasteiger partial charge >= 0.3 is 0 Å². The molecule has 0 aliphatic carbocycles. The van der Waals surface area contributed by atoms with E-state index in [2.05, 4.69) is 18.4 Å². The van der Waals surface area contributed by atoms with Gasteiger partial charge in [0.1, 0.15) is 0 Å². The van der Waals surface area contributed by atoms with Crippen LogP contribution in [0.4, 0.5) is 0 Å². The predicted octanol–water partition coefficient (Wildman–Crippen LogP) is 3.11. The standard InChI is InChI=1S/C13H15NO/c1-9(2)13-11(8-15)10-6-4-5-7-12(10)14(13)3/h4-9H,1-3H3. The van der Waals surface area contributed by atoms with Crippen LogP contribution in [-0.2, 0) is 7.05 Å². The van der Waals surface area contributed by atoms with Crippen LogP contribution in [0.15, 0.2) is 24.3 Å². The van der Waals surface area contributed by atoms with Gasteiger partial charge in [-0.1, -0.05) is 32.0 Å². The van der Waals surface area contributed by atoms with Crippen molar-refractivity contribution in [2.75, 3.05) is 0 Å². The third-order valence-electron chi connectivity index (χ3n) is 2.86. The number of hydrogen-bond acceptors (Lipinski definition) is 1. The lowest BCUT2D eigenvalue weighted by Crippen LogP contribution is -2.00. The Morgan fingerprint density at radius 1 is 1.27 bits per heavy atom. The molecule has 2 nitrogen and oxygen atoms in total. The van der Waals surface area contributed by atoms with Gasteiger partial charge in [0, 0.05) is 29.2 Å². The molecule has 78 valence electrons. The van der Waals surface area contributed by atoms with E-state index in [0.717, 1.165) is 28.4 Å². The van der Waals surface area contributed by atoms with E-state index in [1.807, 2.05) is 31.3 Å². The number of aryl methyl sites for hydroxylation is 1. The van der Waals surface area contributed by atoms with E-state index < -0.39 is 0 Å². The van der Waals surface area contributed by atoms with Gasteiger partial charge in [-0.25, -0.2) is 0 Å². The first-order valence-electron chi connectivity index (χ1n) is 5.19. The second kappa shape index (κ2) is 3.54. The summed E-state index contributed by atoms with van der Waals surface area (Å²) < 4.78 is 2.11. The summed E-state index contributed by atoms with van der Waals surface area (Å²) in [6.45, 7) is 4.22. The van der Waals surface area contributed by atoms with E-state index in [-0.39, 0.29) is 0 Å². The second-order valence-corrected chi connectivity index (χ2v) is 4.15. The van der Waals surface area contributed by atoms with Crippen LogP contribution < -0.4 is 0 Å². The van der Waals surface area contributed by atoms with Crippen molar-refractivity contribution >= 4 is 17.2 Å². The Hall–Kier alpha value is -1.57. The van der Waals surface area contributed by atoms with E-state index in [0.29, 0.717) is 5.92 Å². The molecule has 0 bridgehead atoms. The average Bonchev–Trinajstić information content (AvgIpc) is 2.52. The molecule has 15 heavy (non-hydrogen) atoms. The first-order valence-corrected chi connectivity index (χ1v) is 5.19. The summed E-state index contributed by atoms with van der Waals surface area (Å²) in [5, 5.41) is 1.05. The van der Waals surface area contributed by atoms with Crippen molar-refractivity contribution in [2.24, 2.45) is 7.05 Å². The van der Waals surface area contributed by atoms with Crippen LogP contribution in [0.1, 0.15) is 35.8 Å². The number of hydrogen-bond donors (Lipinski definition) is 0. The first-order chi connectivity index (χ1) is 7.16. The van der Waals surface area contributed by atoms with E-state index in [4.69, 9.17) is 0 Å². The maximum atomic E-state index is 11.1. The Kier molecular flexibility index (Phi) is 2.35. The Bertz CT molecular complexity index is 508. The van der Waals surface area contributed by atoms with Gasteiger partial charge in [-0.15, -0.1) is 0 Å². The van der Waals surface area contributed by atoms with Crippen LogP contribution in [0.2, 0.25) is 0 Å². The van der Waals surface area contributed by atoms with Crippen molar-refractivity contribution in [1.82, 2.24) is 4.57 Å². The summed E-state index contributed by atoms with van der Waals surface area (Å²) in [5.41, 5.74) is 3.08. The number of aromatic nitrogens is 1. The van der Waals surface area contributed by atoms with Gasteiger partial charge in [-0.3, -0.25) is 4.79 Å². The highest BCUT2D eigenvalue weighted by Crippen LogP contribution is 2.28. The number of rotatable bonds is 2. The number of carbonyl (C=O) groups is 1. The van der Waals surface area contributed by atoms with E-state index >= 15 is 0 Å². The molecule has 0 N–H and O–H groups in total. The fourth-order valence-electron chi connectivity index (χ4n) is 2.26. The Balaban J connectivity index is 2.90. The quantitative estimate of drug-likeness (QED) is 0.684. The SMILES string of the molecule is CC(C)c1c(C=O)c2ccccc2n1C. The summed E-state index contributed by atoms with van der Waals surface area (Å²) in [5.74, 6) is 0.364. The molecular weight excluding hydrogens is 186 g/mol. The summed E-state index contributed by atoms with van der Waals surface area (Å²) in [6.07, 6.45) is 0.970. The molecule has 0 aliphatic rings. The van der Waals surface area contributed by atoms with Crippen LogP contribution in [0.3, 0.4) is 0 Å². The van der Waals surface area contributed by atoms with Crippen LogP contribution in [-0.4, -0.2) is 10.9 Å². The minimum Gasteiger partial charge on any atom is -0.347 e. The van der Waals surface area contributed by atoms with Gasteiger partial charge < -0.3 is 4.57 Å². The van der Waals surface area contributed by atoms with Crippen LogP contribution >= 0.6 is 0 Å². The molecule has 1 heterocycles. The summed E-state index contributed by atoms with van der Waals surface area (Å²) in [4.78, 5) is 11.1. The molecule has 0 aliphatic heterocycles. The van der Waals surface area contributed by atoms with Crippen LogP contribution in [0.5, 0.6) is 0 Å². The molecule has 1 aromatic carbocycles. The Morgan fingerprint density at radius 3 is 2.53 bits per heavy atom.